The Bertz CT molecular complexity index is 1680. The fraction of sp³-hybridized carbons (Fsp3) is 0.276. The Morgan fingerprint density at radius 3 is 2.67 bits per heavy atom. The molecule has 0 atom stereocenters. The van der Waals surface area contributed by atoms with Gasteiger partial charge in [0.25, 0.3) is 11.1 Å². The second-order valence-electron chi connectivity index (χ2n) is 10.1. The number of rotatable bonds is 7. The third-order valence-corrected chi connectivity index (χ3v) is 8.95. The molecule has 2 amide bonds. The van der Waals surface area contributed by atoms with Crippen LogP contribution in [-0.4, -0.2) is 45.7 Å². The first-order chi connectivity index (χ1) is 20.2. The quantitative estimate of drug-likeness (QED) is 0.242. The number of hydrogen-bond donors (Lipinski definition) is 2. The number of imide groups is 1. The summed E-state index contributed by atoms with van der Waals surface area (Å²) in [6.45, 7) is 2.42. The summed E-state index contributed by atoms with van der Waals surface area (Å²) in [5.74, 6) is 0.465. The maximum absolute atomic E-state index is 13.7. The number of carbonyl (C=O) groups excluding carboxylic acids is 2. The number of hydrogen-bond acceptors (Lipinski definition) is 9. The van der Waals surface area contributed by atoms with Crippen molar-refractivity contribution >= 4 is 56.4 Å². The minimum Gasteiger partial charge on any atom is -0.341 e. The molecule has 13 heteroatoms. The van der Waals surface area contributed by atoms with Crippen LogP contribution in [0.25, 0.3) is 27.4 Å². The van der Waals surface area contributed by atoms with Gasteiger partial charge in [-0.15, -0.1) is 11.3 Å². The zero-order chi connectivity index (χ0) is 29.3. The number of amides is 2. The molecule has 4 aromatic rings. The van der Waals surface area contributed by atoms with Crippen LogP contribution in [0, 0.1) is 5.92 Å². The maximum atomic E-state index is 13.7. The number of nitrogens with zero attached hydrogens (tertiary/aromatic N) is 4. The summed E-state index contributed by atoms with van der Waals surface area (Å²) in [4.78, 5) is 38.5. The van der Waals surface area contributed by atoms with Gasteiger partial charge in [-0.05, 0) is 73.0 Å². The van der Waals surface area contributed by atoms with Crippen LogP contribution >= 0.6 is 23.1 Å². The van der Waals surface area contributed by atoms with Crippen LogP contribution < -0.4 is 15.5 Å². The SMILES string of the molecule is O=C1NC(=O)C(=Cc2ccnc(N3CCC(CNCc4cc(-c5csc6ccccc56)nc(C(F)(F)F)c4)CC3)n2)S1. The largest absolute Gasteiger partial charge is 0.433 e. The topological polar surface area (TPSA) is 100 Å². The maximum Gasteiger partial charge on any atom is 0.433 e. The first-order valence-electron chi connectivity index (χ1n) is 13.3. The van der Waals surface area contributed by atoms with Crippen LogP contribution in [-0.2, 0) is 17.5 Å². The number of thiophene rings is 1. The smallest absolute Gasteiger partial charge is 0.341 e. The van der Waals surface area contributed by atoms with Gasteiger partial charge in [-0.1, -0.05) is 18.2 Å². The molecule has 0 spiro atoms. The molecule has 0 unspecified atom stereocenters. The van der Waals surface area contributed by atoms with Crippen molar-refractivity contribution < 1.29 is 22.8 Å². The number of piperidine rings is 1. The highest BCUT2D eigenvalue weighted by Gasteiger charge is 2.33. The Hall–Kier alpha value is -3.81. The predicted octanol–water partition coefficient (Wildman–Crippen LogP) is 6.10. The number of nitrogens with one attached hydrogen (secondary N) is 2. The third kappa shape index (κ3) is 6.32. The van der Waals surface area contributed by atoms with Crippen LogP contribution in [0.2, 0.25) is 0 Å². The van der Waals surface area contributed by atoms with Crippen LogP contribution in [0.15, 0.2) is 58.9 Å². The average Bonchev–Trinajstić information content (AvgIpc) is 3.55. The van der Waals surface area contributed by atoms with Gasteiger partial charge in [-0.2, -0.15) is 13.2 Å². The highest BCUT2D eigenvalue weighted by Crippen LogP contribution is 2.36. The number of thioether (sulfide) groups is 1. The number of aromatic nitrogens is 3. The van der Waals surface area contributed by atoms with Gasteiger partial charge in [0.05, 0.1) is 16.3 Å². The number of benzene rings is 1. The molecule has 6 rings (SSSR count). The van der Waals surface area contributed by atoms with Crippen molar-refractivity contribution in [3.8, 4) is 11.3 Å². The van der Waals surface area contributed by atoms with Gasteiger partial charge in [0.2, 0.25) is 5.95 Å². The number of fused-ring (bicyclic) bond motifs is 1. The summed E-state index contributed by atoms with van der Waals surface area (Å²) < 4.78 is 42.2. The molecule has 0 bridgehead atoms. The van der Waals surface area contributed by atoms with Crippen molar-refractivity contribution in [3.63, 3.8) is 0 Å². The molecule has 216 valence electrons. The Morgan fingerprint density at radius 2 is 1.90 bits per heavy atom. The van der Waals surface area contributed by atoms with Gasteiger partial charge in [0, 0.05) is 46.9 Å². The van der Waals surface area contributed by atoms with Crippen LogP contribution in [0.4, 0.5) is 23.9 Å². The van der Waals surface area contributed by atoms with E-state index in [1.54, 1.807) is 24.4 Å². The molecule has 8 nitrogen and oxygen atoms in total. The van der Waals surface area contributed by atoms with Crippen molar-refractivity contribution in [2.24, 2.45) is 5.92 Å². The van der Waals surface area contributed by atoms with Gasteiger partial charge in [-0.25, -0.2) is 15.0 Å². The lowest BCUT2D eigenvalue weighted by Crippen LogP contribution is -2.38. The van der Waals surface area contributed by atoms with Crippen molar-refractivity contribution in [2.45, 2.75) is 25.6 Å². The Morgan fingerprint density at radius 1 is 1.10 bits per heavy atom. The molecule has 2 aliphatic heterocycles. The third-order valence-electron chi connectivity index (χ3n) is 7.18. The summed E-state index contributed by atoms with van der Waals surface area (Å²) in [5, 5.41) is 7.93. The first kappa shape index (κ1) is 28.3. The standard InChI is InChI=1S/C29H25F3N6O2S2/c30-29(31,32)25-12-18(11-22(36-25)21-16-41-23-4-2-1-3-20(21)23)15-33-14-17-6-9-38(10-7-17)27-34-8-5-19(35-27)13-24-26(39)37-28(40)42-24/h1-5,8,11-13,16-17,33H,6-7,9-10,14-15H2,(H,37,39,40). The molecular weight excluding hydrogens is 585 g/mol. The van der Waals surface area contributed by atoms with E-state index in [1.165, 1.54) is 11.3 Å². The Balaban J connectivity index is 1.07. The summed E-state index contributed by atoms with van der Waals surface area (Å²) in [6.07, 6.45) is 0.385. The van der Waals surface area contributed by atoms with Crippen molar-refractivity contribution in [3.05, 3.63) is 75.9 Å². The van der Waals surface area contributed by atoms with Gasteiger partial charge in [0.1, 0.15) is 5.69 Å². The lowest BCUT2D eigenvalue weighted by atomic mass is 9.97. The highest BCUT2D eigenvalue weighted by atomic mass is 32.2. The highest BCUT2D eigenvalue weighted by molar-refractivity contribution is 8.18. The predicted molar refractivity (Wildman–Crippen MR) is 158 cm³/mol. The van der Waals surface area contributed by atoms with Gasteiger partial charge < -0.3 is 10.2 Å². The van der Waals surface area contributed by atoms with Crippen molar-refractivity contribution in [1.29, 1.82) is 0 Å². The number of anilines is 1. The summed E-state index contributed by atoms with van der Waals surface area (Å²) in [7, 11) is 0. The molecule has 42 heavy (non-hydrogen) atoms. The second kappa shape index (κ2) is 11.8. The van der Waals surface area contributed by atoms with Crippen molar-refractivity contribution in [2.75, 3.05) is 24.5 Å². The fourth-order valence-corrected chi connectivity index (χ4v) is 6.68. The Kier molecular flexibility index (Phi) is 7.97. The van der Waals surface area contributed by atoms with E-state index in [9.17, 15) is 22.8 Å². The second-order valence-corrected chi connectivity index (χ2v) is 12.0. The molecule has 2 fully saturated rings. The lowest BCUT2D eigenvalue weighted by molar-refractivity contribution is -0.141. The van der Waals surface area contributed by atoms with E-state index in [2.05, 4.69) is 30.5 Å². The summed E-state index contributed by atoms with van der Waals surface area (Å²) >= 11 is 2.33. The molecular formula is C29H25F3N6O2S2. The minimum atomic E-state index is -4.54. The van der Waals surface area contributed by atoms with E-state index < -0.39 is 23.0 Å². The van der Waals surface area contributed by atoms with E-state index in [0.29, 0.717) is 52.4 Å². The molecule has 0 aliphatic carbocycles. The minimum absolute atomic E-state index is 0.293. The van der Waals surface area contributed by atoms with Gasteiger partial charge in [0.15, 0.2) is 0 Å². The van der Waals surface area contributed by atoms with E-state index in [-0.39, 0.29) is 0 Å². The molecule has 2 saturated heterocycles. The molecule has 3 aromatic heterocycles. The van der Waals surface area contributed by atoms with Gasteiger partial charge >= 0.3 is 6.18 Å². The monoisotopic (exact) mass is 610 g/mol. The summed E-state index contributed by atoms with van der Waals surface area (Å²) in [6, 6.07) is 12.2. The zero-order valence-electron chi connectivity index (χ0n) is 22.1. The lowest BCUT2D eigenvalue weighted by Gasteiger charge is -2.32. The normalized spacial score (nSPS) is 17.4. The van der Waals surface area contributed by atoms with Crippen LogP contribution in [0.1, 0.15) is 29.8 Å². The molecule has 0 saturated carbocycles. The van der Waals surface area contributed by atoms with Crippen LogP contribution in [0.5, 0.6) is 0 Å². The van der Waals surface area contributed by atoms with E-state index in [0.717, 1.165) is 53.8 Å². The summed E-state index contributed by atoms with van der Waals surface area (Å²) in [5.41, 5.74) is 1.22. The number of alkyl halides is 3. The van der Waals surface area contributed by atoms with E-state index in [1.807, 2.05) is 29.6 Å². The van der Waals surface area contributed by atoms with E-state index in [4.69, 9.17) is 0 Å². The van der Waals surface area contributed by atoms with E-state index >= 15 is 0 Å². The molecule has 2 aliphatic rings. The number of pyridine rings is 1. The first-order valence-corrected chi connectivity index (χ1v) is 15.0. The van der Waals surface area contributed by atoms with Crippen molar-refractivity contribution in [1.82, 2.24) is 25.6 Å². The Labute approximate surface area is 247 Å². The zero-order valence-corrected chi connectivity index (χ0v) is 23.8. The molecule has 1 aromatic carbocycles. The average molecular weight is 611 g/mol. The van der Waals surface area contributed by atoms with Crippen LogP contribution in [0.3, 0.4) is 0 Å². The molecule has 2 N–H and O–H groups in total. The number of carbonyl (C=O) groups is 2. The molecule has 5 heterocycles. The fourth-order valence-electron chi connectivity index (χ4n) is 5.06. The number of halogens is 3. The molecule has 0 radical (unpaired) electrons. The van der Waals surface area contributed by atoms with Gasteiger partial charge in [-0.3, -0.25) is 14.9 Å².